The third-order valence-electron chi connectivity index (χ3n) is 4.81. The molecule has 1 aliphatic heterocycles. The summed E-state index contributed by atoms with van der Waals surface area (Å²) in [6.07, 6.45) is -1.73. The van der Waals surface area contributed by atoms with Gasteiger partial charge in [-0.05, 0) is 23.9 Å². The third-order valence-corrected chi connectivity index (χ3v) is 5.98. The van der Waals surface area contributed by atoms with Crippen molar-refractivity contribution in [2.75, 3.05) is 6.67 Å². The molecule has 0 aliphatic carbocycles. The minimum absolute atomic E-state index is 0.202. The van der Waals surface area contributed by atoms with Crippen molar-refractivity contribution in [1.82, 2.24) is 5.32 Å². The van der Waals surface area contributed by atoms with Crippen molar-refractivity contribution in [3.05, 3.63) is 35.2 Å². The molecule has 1 aliphatic rings. The molecule has 0 bridgehead atoms. The van der Waals surface area contributed by atoms with Crippen LogP contribution in [0.15, 0.2) is 35.5 Å². The molecule has 0 saturated carbocycles. The first-order chi connectivity index (χ1) is 13.4. The Morgan fingerprint density at radius 2 is 2.18 bits per heavy atom. The van der Waals surface area contributed by atoms with Gasteiger partial charge < -0.3 is 20.4 Å². The Morgan fingerprint density at radius 3 is 2.82 bits per heavy atom. The Bertz CT molecular complexity index is 882. The van der Waals surface area contributed by atoms with Gasteiger partial charge in [-0.1, -0.05) is 30.3 Å². The number of hydrogen-bond acceptors (Lipinski definition) is 6. The van der Waals surface area contributed by atoms with Gasteiger partial charge in [-0.3, -0.25) is 9.59 Å². The molecule has 3 unspecified atom stereocenters. The van der Waals surface area contributed by atoms with Crippen LogP contribution >= 0.6 is 11.3 Å². The van der Waals surface area contributed by atoms with E-state index in [1.807, 2.05) is 30.3 Å². The van der Waals surface area contributed by atoms with E-state index >= 15 is 0 Å². The number of rotatable bonds is 8. The number of nitrogens with one attached hydrogen (secondary N) is 1. The number of carboxylic acids is 1. The zero-order valence-electron chi connectivity index (χ0n) is 15.2. The van der Waals surface area contributed by atoms with Crippen molar-refractivity contribution < 1.29 is 29.0 Å². The number of carbonyl (C=O) groups excluding carboxylic acids is 1. The number of thiophene rings is 1. The highest BCUT2D eigenvalue weighted by atomic mass is 32.1. The molecule has 3 atom stereocenters. The quantitative estimate of drug-likeness (QED) is 0.622. The number of benzene rings is 1. The van der Waals surface area contributed by atoms with Crippen LogP contribution in [0.3, 0.4) is 0 Å². The Hall–Kier alpha value is -2.52. The Morgan fingerprint density at radius 1 is 1.43 bits per heavy atom. The van der Waals surface area contributed by atoms with Gasteiger partial charge in [-0.2, -0.15) is 0 Å². The average Bonchev–Trinajstić information content (AvgIpc) is 3.31. The first kappa shape index (κ1) is 20.2. The molecular weight excluding hydrogens is 387 g/mol. The standard InChI is InChI=1S/C19H21FN2O5S/c1-2-19(18(26)21-12(8-17(24)25)14(23)10-20)9-13(22-27-19)16-7-11-5-3-4-6-15(11)28-16/h3-7,12,14,23H,2,8-10H2,1H3,(H,21,26)(H,24,25). The maximum Gasteiger partial charge on any atom is 0.305 e. The lowest BCUT2D eigenvalue weighted by molar-refractivity contribution is -0.147. The van der Waals surface area contributed by atoms with Crippen molar-refractivity contribution in [2.45, 2.75) is 43.9 Å². The summed E-state index contributed by atoms with van der Waals surface area (Å²) in [5.74, 6) is -1.87. The highest BCUT2D eigenvalue weighted by Crippen LogP contribution is 2.34. The van der Waals surface area contributed by atoms with Gasteiger partial charge in [-0.25, -0.2) is 4.39 Å². The van der Waals surface area contributed by atoms with Crippen molar-refractivity contribution in [3.63, 3.8) is 0 Å². The van der Waals surface area contributed by atoms with Crippen LogP contribution in [0.5, 0.6) is 0 Å². The number of oxime groups is 1. The summed E-state index contributed by atoms with van der Waals surface area (Å²) in [6, 6.07) is 8.59. The van der Waals surface area contributed by atoms with Gasteiger partial charge in [0.1, 0.15) is 18.5 Å². The molecule has 1 aromatic carbocycles. The van der Waals surface area contributed by atoms with Crippen LogP contribution in [0.1, 0.15) is 31.1 Å². The first-order valence-corrected chi connectivity index (χ1v) is 9.71. The Kier molecular flexibility index (Phi) is 5.95. The van der Waals surface area contributed by atoms with Crippen LogP contribution in [0.4, 0.5) is 4.39 Å². The van der Waals surface area contributed by atoms with E-state index in [9.17, 15) is 19.1 Å². The molecule has 2 heterocycles. The summed E-state index contributed by atoms with van der Waals surface area (Å²) in [5.41, 5.74) is -0.697. The lowest BCUT2D eigenvalue weighted by atomic mass is 9.92. The monoisotopic (exact) mass is 408 g/mol. The fraction of sp³-hybridized carbons (Fsp3) is 0.421. The third kappa shape index (κ3) is 4.00. The normalized spacial score (nSPS) is 21.0. The largest absolute Gasteiger partial charge is 0.481 e. The highest BCUT2D eigenvalue weighted by molar-refractivity contribution is 7.20. The van der Waals surface area contributed by atoms with Crippen LogP contribution in [-0.2, 0) is 14.4 Å². The van der Waals surface area contributed by atoms with E-state index in [1.165, 1.54) is 11.3 Å². The topological polar surface area (TPSA) is 108 Å². The maximum atomic E-state index is 12.8. The Balaban J connectivity index is 1.76. The van der Waals surface area contributed by atoms with Crippen LogP contribution < -0.4 is 5.32 Å². The van der Waals surface area contributed by atoms with Gasteiger partial charge in [0.2, 0.25) is 5.60 Å². The molecule has 28 heavy (non-hydrogen) atoms. The lowest BCUT2D eigenvalue weighted by Crippen LogP contribution is -2.54. The predicted octanol–water partition coefficient (Wildman–Crippen LogP) is 2.46. The molecule has 1 aromatic heterocycles. The number of aliphatic hydroxyl groups excluding tert-OH is 1. The van der Waals surface area contributed by atoms with Crippen LogP contribution in [0, 0.1) is 0 Å². The average molecular weight is 408 g/mol. The second kappa shape index (κ2) is 8.24. The van der Waals surface area contributed by atoms with E-state index in [0.717, 1.165) is 15.0 Å². The van der Waals surface area contributed by atoms with E-state index in [1.54, 1.807) is 6.92 Å². The molecule has 0 spiro atoms. The fourth-order valence-electron chi connectivity index (χ4n) is 3.08. The second-order valence-corrected chi connectivity index (χ2v) is 7.79. The van der Waals surface area contributed by atoms with Crippen molar-refractivity contribution in [1.29, 1.82) is 0 Å². The number of halogens is 1. The number of fused-ring (bicyclic) bond motifs is 1. The maximum absolute atomic E-state index is 12.8. The van der Waals surface area contributed by atoms with Gasteiger partial charge in [-0.15, -0.1) is 11.3 Å². The van der Waals surface area contributed by atoms with Crippen molar-refractivity contribution in [3.8, 4) is 0 Å². The van der Waals surface area contributed by atoms with E-state index in [-0.39, 0.29) is 12.8 Å². The number of alkyl halides is 1. The molecular formula is C19H21FN2O5S. The second-order valence-electron chi connectivity index (χ2n) is 6.70. The molecule has 1 amide bonds. The highest BCUT2D eigenvalue weighted by Gasteiger charge is 2.46. The summed E-state index contributed by atoms with van der Waals surface area (Å²) >= 11 is 1.54. The minimum Gasteiger partial charge on any atom is -0.481 e. The van der Waals surface area contributed by atoms with Gasteiger partial charge >= 0.3 is 5.97 Å². The number of nitrogens with zero attached hydrogens (tertiary/aromatic N) is 1. The molecule has 0 radical (unpaired) electrons. The number of aliphatic carboxylic acids is 1. The number of carbonyl (C=O) groups is 2. The number of aliphatic hydroxyl groups is 1. The lowest BCUT2D eigenvalue weighted by Gasteiger charge is -2.28. The van der Waals surface area contributed by atoms with Crippen LogP contribution in [0.25, 0.3) is 10.1 Å². The number of hydrogen-bond donors (Lipinski definition) is 3. The van der Waals surface area contributed by atoms with E-state index in [2.05, 4.69) is 10.5 Å². The van der Waals surface area contributed by atoms with Crippen molar-refractivity contribution in [2.24, 2.45) is 5.16 Å². The fourth-order valence-corrected chi connectivity index (χ4v) is 4.13. The molecule has 150 valence electrons. The van der Waals surface area contributed by atoms with Crippen molar-refractivity contribution >= 4 is 39.0 Å². The SMILES string of the molecule is CCC1(C(=O)NC(CC(=O)O)C(O)CF)CC(c2cc3ccccc3s2)=NO1. The molecule has 2 aromatic rings. The van der Waals surface area contributed by atoms with Gasteiger partial charge in [0.15, 0.2) is 0 Å². The predicted molar refractivity (Wildman–Crippen MR) is 103 cm³/mol. The van der Waals surface area contributed by atoms with Gasteiger partial charge in [0.25, 0.3) is 5.91 Å². The zero-order chi connectivity index (χ0) is 20.3. The molecule has 0 saturated heterocycles. The molecule has 9 heteroatoms. The summed E-state index contributed by atoms with van der Waals surface area (Å²) in [7, 11) is 0. The minimum atomic E-state index is -1.61. The van der Waals surface area contributed by atoms with Crippen LogP contribution in [-0.4, -0.2) is 52.2 Å². The van der Waals surface area contributed by atoms with Crippen LogP contribution in [0.2, 0.25) is 0 Å². The summed E-state index contributed by atoms with van der Waals surface area (Å²) in [6.45, 7) is 0.586. The molecule has 0 fully saturated rings. The smallest absolute Gasteiger partial charge is 0.305 e. The van der Waals surface area contributed by atoms with E-state index in [0.29, 0.717) is 5.71 Å². The summed E-state index contributed by atoms with van der Waals surface area (Å²) in [4.78, 5) is 30.2. The van der Waals surface area contributed by atoms with Gasteiger partial charge in [0, 0.05) is 11.1 Å². The number of carboxylic acid groups (broad SMARTS) is 1. The summed E-state index contributed by atoms with van der Waals surface area (Å²) in [5, 5.41) is 26.2. The zero-order valence-corrected chi connectivity index (χ0v) is 16.0. The van der Waals surface area contributed by atoms with Gasteiger partial charge in [0.05, 0.1) is 17.3 Å². The first-order valence-electron chi connectivity index (χ1n) is 8.89. The molecule has 3 rings (SSSR count). The number of amides is 1. The molecule has 3 N–H and O–H groups in total. The summed E-state index contributed by atoms with van der Waals surface area (Å²) < 4.78 is 13.9. The Labute approximate surface area is 164 Å². The van der Waals surface area contributed by atoms with E-state index in [4.69, 9.17) is 9.94 Å². The van der Waals surface area contributed by atoms with E-state index < -0.39 is 42.7 Å². The molecule has 7 nitrogen and oxygen atoms in total.